The first-order chi connectivity index (χ1) is 13.0. The summed E-state index contributed by atoms with van der Waals surface area (Å²) >= 11 is 0. The van der Waals surface area contributed by atoms with Gasteiger partial charge in [0.15, 0.2) is 23.8 Å². The highest BCUT2D eigenvalue weighted by Crippen LogP contribution is 2.33. The summed E-state index contributed by atoms with van der Waals surface area (Å²) < 4.78 is 7.03. The zero-order chi connectivity index (χ0) is 19.1. The molecular weight excluding hydrogens is 356 g/mol. The monoisotopic (exact) mass is 378 g/mol. The second-order valence-electron chi connectivity index (χ2n) is 6.99. The van der Waals surface area contributed by atoms with Gasteiger partial charge < -0.3 is 31.1 Å². The maximum Gasteiger partial charge on any atom is 0.251 e. The maximum atomic E-state index is 12.3. The fourth-order valence-electron chi connectivity index (χ4n) is 3.74. The zero-order valence-corrected chi connectivity index (χ0v) is 14.5. The minimum atomic E-state index is -1.62. The van der Waals surface area contributed by atoms with E-state index in [1.807, 2.05) is 0 Å². The lowest BCUT2D eigenvalue weighted by Gasteiger charge is -2.22. The van der Waals surface area contributed by atoms with Gasteiger partial charge in [-0.1, -0.05) is 12.8 Å². The Balaban J connectivity index is 1.53. The molecular formula is C16H22N6O5. The van der Waals surface area contributed by atoms with E-state index in [1.54, 1.807) is 0 Å². The summed E-state index contributed by atoms with van der Waals surface area (Å²) in [7, 11) is 0. The van der Waals surface area contributed by atoms with Crippen molar-refractivity contribution in [3.63, 3.8) is 0 Å². The van der Waals surface area contributed by atoms with E-state index in [9.17, 15) is 20.1 Å². The molecule has 4 rings (SSSR count). The van der Waals surface area contributed by atoms with Crippen molar-refractivity contribution in [2.75, 3.05) is 5.73 Å². The normalized spacial score (nSPS) is 30.0. The van der Waals surface area contributed by atoms with Crippen LogP contribution in [0.4, 0.5) is 5.82 Å². The highest BCUT2D eigenvalue weighted by atomic mass is 16.6. The van der Waals surface area contributed by atoms with Gasteiger partial charge in [-0.2, -0.15) is 0 Å². The van der Waals surface area contributed by atoms with Crippen LogP contribution in [-0.4, -0.2) is 71.2 Å². The second kappa shape index (κ2) is 7.00. The molecule has 1 saturated heterocycles. The van der Waals surface area contributed by atoms with Gasteiger partial charge in [0.2, 0.25) is 0 Å². The molecule has 1 saturated carbocycles. The summed E-state index contributed by atoms with van der Waals surface area (Å²) in [5, 5.41) is 33.8. The summed E-state index contributed by atoms with van der Waals surface area (Å²) in [5.41, 5.74) is 6.38. The van der Waals surface area contributed by atoms with Gasteiger partial charge in [0.05, 0.1) is 6.33 Å². The van der Waals surface area contributed by atoms with Gasteiger partial charge in [0, 0.05) is 6.04 Å². The van der Waals surface area contributed by atoms with Gasteiger partial charge in [0.1, 0.15) is 30.2 Å². The van der Waals surface area contributed by atoms with Gasteiger partial charge in [-0.15, -0.1) is 0 Å². The Labute approximate surface area is 154 Å². The van der Waals surface area contributed by atoms with Crippen molar-refractivity contribution in [2.24, 2.45) is 0 Å². The quantitative estimate of drug-likeness (QED) is 0.423. The first-order valence-corrected chi connectivity index (χ1v) is 8.90. The molecule has 0 spiro atoms. The van der Waals surface area contributed by atoms with Crippen LogP contribution >= 0.6 is 0 Å². The van der Waals surface area contributed by atoms with Crippen molar-refractivity contribution in [3.05, 3.63) is 12.7 Å². The molecule has 0 bridgehead atoms. The Hall–Kier alpha value is -2.34. The zero-order valence-electron chi connectivity index (χ0n) is 14.5. The molecule has 11 heteroatoms. The van der Waals surface area contributed by atoms with Gasteiger partial charge >= 0.3 is 0 Å². The fraction of sp³-hybridized carbons (Fsp3) is 0.625. The molecule has 6 N–H and O–H groups in total. The molecule has 0 radical (unpaired) electrons. The summed E-state index contributed by atoms with van der Waals surface area (Å²) in [6.07, 6.45) is -0.463. The van der Waals surface area contributed by atoms with Crippen LogP contribution in [0.15, 0.2) is 12.7 Å². The SMILES string of the molecule is Nc1ncnc2c1ncn2[C@@H]1O[C@H](C(O)C(=O)NC2CCCC2)[C@@H](O)[C@H]1O. The molecule has 146 valence electrons. The number of fused-ring (bicyclic) bond motifs is 1. The van der Waals surface area contributed by atoms with Crippen molar-refractivity contribution >= 4 is 22.9 Å². The third-order valence-corrected chi connectivity index (χ3v) is 5.22. The van der Waals surface area contributed by atoms with Crippen LogP contribution in [-0.2, 0) is 9.53 Å². The number of imidazole rings is 1. The molecule has 1 amide bonds. The topological polar surface area (TPSA) is 169 Å². The first kappa shape index (κ1) is 18.0. The molecule has 3 heterocycles. The number of nitrogens with zero attached hydrogens (tertiary/aromatic N) is 4. The van der Waals surface area contributed by atoms with Gasteiger partial charge in [-0.25, -0.2) is 15.0 Å². The lowest BCUT2D eigenvalue weighted by atomic mass is 10.0. The molecule has 1 unspecified atom stereocenters. The largest absolute Gasteiger partial charge is 0.387 e. The number of hydrogen-bond acceptors (Lipinski definition) is 9. The average molecular weight is 378 g/mol. The van der Waals surface area contributed by atoms with Crippen LogP contribution in [0.5, 0.6) is 0 Å². The highest BCUT2D eigenvalue weighted by Gasteiger charge is 2.49. The lowest BCUT2D eigenvalue weighted by Crippen LogP contribution is -2.49. The Bertz CT molecular complexity index is 838. The van der Waals surface area contributed by atoms with Crippen LogP contribution < -0.4 is 11.1 Å². The summed E-state index contributed by atoms with van der Waals surface area (Å²) in [4.78, 5) is 24.3. The smallest absolute Gasteiger partial charge is 0.251 e. The molecule has 1 aliphatic heterocycles. The third-order valence-electron chi connectivity index (χ3n) is 5.22. The van der Waals surface area contributed by atoms with E-state index in [2.05, 4.69) is 20.3 Å². The molecule has 2 fully saturated rings. The maximum absolute atomic E-state index is 12.3. The molecule has 5 atom stereocenters. The van der Waals surface area contributed by atoms with E-state index in [-0.39, 0.29) is 11.9 Å². The van der Waals surface area contributed by atoms with E-state index < -0.39 is 36.6 Å². The molecule has 11 nitrogen and oxygen atoms in total. The first-order valence-electron chi connectivity index (χ1n) is 8.90. The second-order valence-corrected chi connectivity index (χ2v) is 6.99. The number of nitrogens with one attached hydrogen (secondary N) is 1. The number of aliphatic hydroxyl groups is 3. The summed E-state index contributed by atoms with van der Waals surface area (Å²) in [6.45, 7) is 0. The third kappa shape index (κ3) is 3.12. The minimum absolute atomic E-state index is 0.0173. The Morgan fingerprint density at radius 3 is 2.74 bits per heavy atom. The summed E-state index contributed by atoms with van der Waals surface area (Å²) in [6, 6.07) is 0.0173. The number of hydrogen-bond donors (Lipinski definition) is 5. The number of nitrogens with two attached hydrogens (primary N) is 1. The highest BCUT2D eigenvalue weighted by molar-refractivity contribution is 5.82. The van der Waals surface area contributed by atoms with Crippen molar-refractivity contribution in [1.82, 2.24) is 24.8 Å². The minimum Gasteiger partial charge on any atom is -0.387 e. The van der Waals surface area contributed by atoms with E-state index in [0.717, 1.165) is 25.7 Å². The number of ether oxygens (including phenoxy) is 1. The molecule has 1 aliphatic carbocycles. The Morgan fingerprint density at radius 1 is 1.26 bits per heavy atom. The number of carbonyl (C=O) groups is 1. The number of amides is 1. The van der Waals surface area contributed by atoms with Gasteiger partial charge in [-0.05, 0) is 12.8 Å². The molecule has 2 aromatic rings. The molecule has 27 heavy (non-hydrogen) atoms. The van der Waals surface area contributed by atoms with Crippen molar-refractivity contribution in [2.45, 2.75) is 62.4 Å². The van der Waals surface area contributed by atoms with E-state index >= 15 is 0 Å². The van der Waals surface area contributed by atoms with E-state index in [1.165, 1.54) is 17.2 Å². The summed E-state index contributed by atoms with van der Waals surface area (Å²) in [5.74, 6) is -0.458. The Kier molecular flexibility index (Phi) is 4.68. The van der Waals surface area contributed by atoms with Crippen LogP contribution in [0.3, 0.4) is 0 Å². The van der Waals surface area contributed by atoms with Crippen LogP contribution in [0.1, 0.15) is 31.9 Å². The number of aromatic nitrogens is 4. The predicted octanol–water partition coefficient (Wildman–Crippen LogP) is -1.55. The fourth-order valence-corrected chi connectivity index (χ4v) is 3.74. The number of rotatable bonds is 4. The Morgan fingerprint density at radius 2 is 2.00 bits per heavy atom. The van der Waals surface area contributed by atoms with E-state index in [0.29, 0.717) is 11.2 Å². The van der Waals surface area contributed by atoms with E-state index in [4.69, 9.17) is 10.5 Å². The van der Waals surface area contributed by atoms with Gasteiger partial charge in [0.25, 0.3) is 5.91 Å². The standard InChI is InChI=1S/C16H22N6O5/c17-13-8-14(19-5-18-13)22(6-20-8)16-10(24)9(23)12(27-16)11(25)15(26)21-7-3-1-2-4-7/h5-7,9-12,16,23-25H,1-4H2,(H,21,26)(H2,17,18,19)/t9-,10+,11?,12-,16+/m0/s1. The lowest BCUT2D eigenvalue weighted by molar-refractivity contribution is -0.144. The molecule has 2 aromatic heterocycles. The number of anilines is 1. The van der Waals surface area contributed by atoms with Crippen molar-refractivity contribution < 1.29 is 24.9 Å². The van der Waals surface area contributed by atoms with Gasteiger partial charge in [-0.3, -0.25) is 9.36 Å². The molecule has 0 aromatic carbocycles. The van der Waals surface area contributed by atoms with Crippen molar-refractivity contribution in [3.8, 4) is 0 Å². The van der Waals surface area contributed by atoms with Crippen LogP contribution in [0.25, 0.3) is 11.2 Å². The van der Waals surface area contributed by atoms with Crippen molar-refractivity contribution in [1.29, 1.82) is 0 Å². The average Bonchev–Trinajstić information content (AvgIpc) is 3.37. The number of nitrogen functional groups attached to an aromatic ring is 1. The number of carbonyl (C=O) groups excluding carboxylic acids is 1. The number of aliphatic hydroxyl groups excluding tert-OH is 3. The van der Waals surface area contributed by atoms with Crippen LogP contribution in [0.2, 0.25) is 0 Å². The predicted molar refractivity (Wildman–Crippen MR) is 92.1 cm³/mol. The molecule has 2 aliphatic rings. The van der Waals surface area contributed by atoms with Crippen LogP contribution in [0, 0.1) is 0 Å².